The van der Waals surface area contributed by atoms with E-state index in [2.05, 4.69) is 74.2 Å². The number of alkyl carbamates (subject to hydrolysis) is 1. The van der Waals surface area contributed by atoms with Crippen molar-refractivity contribution in [2.75, 3.05) is 0 Å². The molecule has 0 radical (unpaired) electrons. The van der Waals surface area contributed by atoms with Gasteiger partial charge in [-0.1, -0.05) is 81.4 Å². The molecule has 5 aliphatic rings. The molecule has 53 heavy (non-hydrogen) atoms. The number of rotatable bonds is 7. The molecule has 7 nitrogen and oxygen atoms in total. The van der Waals surface area contributed by atoms with E-state index in [0.717, 1.165) is 57.8 Å². The lowest BCUT2D eigenvalue weighted by Crippen LogP contribution is -2.74. The lowest BCUT2D eigenvalue weighted by molar-refractivity contribution is -0.263. The van der Waals surface area contributed by atoms with Gasteiger partial charge in [0.15, 0.2) is 0 Å². The van der Waals surface area contributed by atoms with Crippen molar-refractivity contribution < 1.29 is 29.0 Å². The Bertz CT molecular complexity index is 1490. The molecule has 0 aromatic rings. The number of ether oxygens (including phenoxy) is 2. The second kappa shape index (κ2) is 13.0. The highest BCUT2D eigenvalue weighted by Crippen LogP contribution is 2.77. The molecule has 5 rings (SSSR count). The molecule has 2 N–H and O–H groups in total. The summed E-state index contributed by atoms with van der Waals surface area (Å²) in [5, 5.41) is 13.6. The van der Waals surface area contributed by atoms with Gasteiger partial charge in [-0.25, -0.2) is 4.79 Å². The Morgan fingerprint density at radius 2 is 1.40 bits per heavy atom. The Hall–Kier alpha value is -2.05. The quantitative estimate of drug-likeness (QED) is 0.199. The third-order valence-electron chi connectivity index (χ3n) is 18.9. The van der Waals surface area contributed by atoms with E-state index in [9.17, 15) is 19.5 Å². The first-order valence-corrected chi connectivity index (χ1v) is 21.2. The summed E-state index contributed by atoms with van der Waals surface area (Å²) in [5.74, 6) is 0.0939. The van der Waals surface area contributed by atoms with Gasteiger partial charge in [0.05, 0.1) is 11.3 Å². The molecule has 5 saturated carbocycles. The van der Waals surface area contributed by atoms with Crippen LogP contribution in [0, 0.1) is 67.5 Å². The van der Waals surface area contributed by atoms with Crippen LogP contribution in [-0.2, 0) is 19.1 Å². The molecule has 0 bridgehead atoms. The first-order chi connectivity index (χ1) is 24.1. The van der Waals surface area contributed by atoms with Crippen molar-refractivity contribution in [3.63, 3.8) is 0 Å². The number of carbonyl (C=O) groups is 3. The minimum Gasteiger partial charge on any atom is -0.481 e. The topological polar surface area (TPSA) is 102 Å². The van der Waals surface area contributed by atoms with Crippen LogP contribution in [0.1, 0.15) is 174 Å². The van der Waals surface area contributed by atoms with Crippen LogP contribution in [0.2, 0.25) is 0 Å². The molecule has 4 unspecified atom stereocenters. The van der Waals surface area contributed by atoms with Crippen molar-refractivity contribution in [1.82, 2.24) is 5.32 Å². The molecular weight excluding hydrogens is 663 g/mol. The van der Waals surface area contributed by atoms with Crippen LogP contribution in [0.5, 0.6) is 0 Å². The van der Waals surface area contributed by atoms with Gasteiger partial charge in [0.25, 0.3) is 0 Å². The Balaban J connectivity index is 1.45. The number of amides is 1. The van der Waals surface area contributed by atoms with E-state index < -0.39 is 33.9 Å². The van der Waals surface area contributed by atoms with E-state index in [0.29, 0.717) is 30.6 Å². The normalized spacial score (nSPS) is 45.1. The zero-order chi connectivity index (χ0) is 40.2. The Morgan fingerprint density at radius 3 is 1.92 bits per heavy atom. The van der Waals surface area contributed by atoms with Crippen LogP contribution in [0.15, 0.2) is 12.2 Å². The molecular formula is C46H77NO6. The number of esters is 1. The van der Waals surface area contributed by atoms with Crippen molar-refractivity contribution in [1.29, 1.82) is 0 Å². The van der Waals surface area contributed by atoms with Gasteiger partial charge in [0, 0.05) is 16.4 Å². The maximum absolute atomic E-state index is 14.0. The van der Waals surface area contributed by atoms with Gasteiger partial charge in [0.1, 0.15) is 11.7 Å². The van der Waals surface area contributed by atoms with Crippen molar-refractivity contribution in [2.24, 2.45) is 67.5 Å². The predicted molar refractivity (Wildman–Crippen MR) is 212 cm³/mol. The predicted octanol–water partition coefficient (Wildman–Crippen LogP) is 11.4. The summed E-state index contributed by atoms with van der Waals surface area (Å²) in [6, 6.07) is 0. The number of carboxylic acids is 1. The third kappa shape index (κ3) is 5.86. The van der Waals surface area contributed by atoms with Gasteiger partial charge in [-0.15, -0.1) is 0 Å². The number of hydrogen-bond donors (Lipinski definition) is 2. The fourth-order valence-electron chi connectivity index (χ4n) is 14.7. The third-order valence-corrected chi connectivity index (χ3v) is 18.9. The maximum atomic E-state index is 14.0. The average Bonchev–Trinajstić information content (AvgIpc) is 3.28. The largest absolute Gasteiger partial charge is 0.481 e. The number of carbonyl (C=O) groups excluding carboxylic acids is 2. The lowest BCUT2D eigenvalue weighted by atomic mass is 9.30. The minimum atomic E-state index is -0.944. The molecule has 0 spiro atoms. The fraction of sp³-hybridized carbons (Fsp3) is 0.891. The van der Waals surface area contributed by atoms with Crippen LogP contribution in [-0.4, -0.2) is 40.4 Å². The maximum Gasteiger partial charge on any atom is 0.408 e. The molecule has 5 aliphatic carbocycles. The van der Waals surface area contributed by atoms with Gasteiger partial charge in [-0.2, -0.15) is 0 Å². The number of carboxylic acid groups (broad SMARTS) is 1. The molecule has 302 valence electrons. The second-order valence-corrected chi connectivity index (χ2v) is 22.3. The van der Waals surface area contributed by atoms with E-state index in [1.165, 1.54) is 5.57 Å². The van der Waals surface area contributed by atoms with Crippen molar-refractivity contribution in [2.45, 2.75) is 192 Å². The van der Waals surface area contributed by atoms with Crippen LogP contribution in [0.3, 0.4) is 0 Å². The summed E-state index contributed by atoms with van der Waals surface area (Å²) in [5.41, 5.74) is -1.59. The molecule has 7 heteroatoms. The van der Waals surface area contributed by atoms with Gasteiger partial charge < -0.3 is 19.9 Å². The SMILES string of the molecule is C=C(C)[C@H](C)[C@]1(C)C2CC[C@@H]3C4(C)CC[C@H](OC(=O)C5CC[C@@](C)(C(=O)O)C5(C)C)C(C)(C)[C@@H]4CCC3(C)[C@]2(C)CC[C@]1(CC)NC(=O)OC(C)(C)C. The highest BCUT2D eigenvalue weighted by molar-refractivity contribution is 5.81. The van der Waals surface area contributed by atoms with Crippen LogP contribution < -0.4 is 5.32 Å². The fourth-order valence-corrected chi connectivity index (χ4v) is 14.7. The zero-order valence-electron chi connectivity index (χ0n) is 36.4. The summed E-state index contributed by atoms with van der Waals surface area (Å²) in [6.07, 6.45) is 9.72. The number of nitrogens with one attached hydrogen (secondary N) is 1. The number of allylic oxidation sites excluding steroid dienone is 1. The van der Waals surface area contributed by atoms with Crippen LogP contribution >= 0.6 is 0 Å². The molecule has 12 atom stereocenters. The Labute approximate surface area is 322 Å². The standard InChI is InChI=1S/C46H77NO6/c1-17-46(47-37(51)53-38(5,6)7)27-26-43(14)33(45(46,16)29(4)28(2)3)19-18-32-41(12)23-22-34(39(8,9)31(41)21-25-42(32,43)13)52-35(48)30-20-24-44(15,36(49)50)40(30,10)11/h29-34H,2,17-27H2,1,3-16H3,(H,47,51)(H,49,50)/t29-,30?,31-,32+,33?,34-,41?,42?,43+,44-,45+,46-/m0/s1. The summed E-state index contributed by atoms with van der Waals surface area (Å²) in [6.45, 7) is 37.7. The second-order valence-electron chi connectivity index (χ2n) is 22.3. The van der Waals surface area contributed by atoms with E-state index in [1.54, 1.807) is 6.92 Å². The van der Waals surface area contributed by atoms with Gasteiger partial charge in [-0.05, 0) is 151 Å². The van der Waals surface area contributed by atoms with Crippen molar-refractivity contribution >= 4 is 18.0 Å². The average molecular weight is 740 g/mol. The first kappa shape index (κ1) is 42.1. The monoisotopic (exact) mass is 740 g/mol. The minimum absolute atomic E-state index is 0.0644. The Kier molecular flexibility index (Phi) is 10.3. The zero-order valence-corrected chi connectivity index (χ0v) is 36.4. The molecule has 0 heterocycles. The first-order valence-electron chi connectivity index (χ1n) is 21.2. The van der Waals surface area contributed by atoms with E-state index in [-0.39, 0.29) is 51.2 Å². The molecule has 5 fully saturated rings. The van der Waals surface area contributed by atoms with Crippen molar-refractivity contribution in [3.8, 4) is 0 Å². The van der Waals surface area contributed by atoms with Crippen LogP contribution in [0.4, 0.5) is 4.79 Å². The van der Waals surface area contributed by atoms with Gasteiger partial charge >= 0.3 is 18.0 Å². The van der Waals surface area contributed by atoms with Gasteiger partial charge in [0.2, 0.25) is 0 Å². The smallest absolute Gasteiger partial charge is 0.408 e. The van der Waals surface area contributed by atoms with E-state index >= 15 is 0 Å². The van der Waals surface area contributed by atoms with Gasteiger partial charge in [-0.3, -0.25) is 9.59 Å². The van der Waals surface area contributed by atoms with E-state index in [4.69, 9.17) is 9.47 Å². The van der Waals surface area contributed by atoms with Crippen LogP contribution in [0.25, 0.3) is 0 Å². The molecule has 0 aromatic carbocycles. The molecule has 0 aliphatic heterocycles. The summed E-state index contributed by atoms with van der Waals surface area (Å²) in [4.78, 5) is 39.9. The number of fused-ring (bicyclic) bond motifs is 5. The molecule has 0 saturated heterocycles. The summed E-state index contributed by atoms with van der Waals surface area (Å²) >= 11 is 0. The van der Waals surface area contributed by atoms with Crippen molar-refractivity contribution in [3.05, 3.63) is 12.2 Å². The summed E-state index contributed by atoms with van der Waals surface area (Å²) in [7, 11) is 0. The Morgan fingerprint density at radius 1 is 0.811 bits per heavy atom. The number of aliphatic carboxylic acids is 1. The lowest BCUT2D eigenvalue weighted by Gasteiger charge is -2.75. The highest BCUT2D eigenvalue weighted by Gasteiger charge is 2.73. The molecule has 0 aromatic heterocycles. The highest BCUT2D eigenvalue weighted by atomic mass is 16.6. The summed E-state index contributed by atoms with van der Waals surface area (Å²) < 4.78 is 12.5. The number of hydrogen-bond acceptors (Lipinski definition) is 5. The molecule has 1 amide bonds. The van der Waals surface area contributed by atoms with E-state index in [1.807, 2.05) is 34.6 Å².